The van der Waals surface area contributed by atoms with E-state index in [-0.39, 0.29) is 11.6 Å². The number of rotatable bonds is 8. The van der Waals surface area contributed by atoms with Crippen LogP contribution in [-0.4, -0.2) is 17.0 Å². The van der Waals surface area contributed by atoms with Gasteiger partial charge in [-0.25, -0.2) is 5.43 Å². The Bertz CT molecular complexity index is 1270. The van der Waals surface area contributed by atoms with Crippen LogP contribution in [0.1, 0.15) is 21.7 Å². The van der Waals surface area contributed by atoms with Crippen molar-refractivity contribution in [3.05, 3.63) is 118 Å². The number of nitrogens with zero attached hydrogens (tertiary/aromatic N) is 2. The van der Waals surface area contributed by atoms with E-state index in [1.54, 1.807) is 48.2 Å². The molecule has 0 unspecified atom stereocenters. The van der Waals surface area contributed by atoms with Gasteiger partial charge in [0, 0.05) is 33.9 Å². The Labute approximate surface area is 194 Å². The summed E-state index contributed by atoms with van der Waals surface area (Å²) in [5, 5.41) is 14.7. The van der Waals surface area contributed by atoms with Gasteiger partial charge in [0.1, 0.15) is 11.5 Å². The molecule has 0 saturated heterocycles. The number of furan rings is 1. The van der Waals surface area contributed by atoms with E-state index in [2.05, 4.69) is 22.7 Å². The van der Waals surface area contributed by atoms with Crippen LogP contribution in [-0.2, 0) is 5.75 Å². The van der Waals surface area contributed by atoms with Crippen molar-refractivity contribution in [3.8, 4) is 11.3 Å². The van der Waals surface area contributed by atoms with Gasteiger partial charge >= 0.3 is 0 Å². The number of nitro groups is 1. The molecule has 0 bridgehead atoms. The number of carbonyl (C=O) groups excluding carboxylic acids is 1. The number of non-ortho nitro benzene ring substituents is 1. The van der Waals surface area contributed by atoms with Crippen molar-refractivity contribution in [2.24, 2.45) is 5.10 Å². The first-order valence-electron chi connectivity index (χ1n) is 10.0. The van der Waals surface area contributed by atoms with Gasteiger partial charge in [-0.3, -0.25) is 14.9 Å². The minimum absolute atomic E-state index is 0.0118. The van der Waals surface area contributed by atoms with Crippen LogP contribution < -0.4 is 5.43 Å². The lowest BCUT2D eigenvalue weighted by Crippen LogP contribution is -2.17. The van der Waals surface area contributed by atoms with Gasteiger partial charge in [0.05, 0.1) is 11.1 Å². The lowest BCUT2D eigenvalue weighted by molar-refractivity contribution is -0.384. The summed E-state index contributed by atoms with van der Waals surface area (Å²) in [6, 6.07) is 27.0. The van der Waals surface area contributed by atoms with E-state index in [0.717, 1.165) is 11.3 Å². The number of nitrogens with one attached hydrogen (secondary N) is 1. The van der Waals surface area contributed by atoms with Crippen LogP contribution >= 0.6 is 11.8 Å². The molecule has 0 aliphatic carbocycles. The second-order valence-corrected chi connectivity index (χ2v) is 8.05. The fourth-order valence-corrected chi connectivity index (χ4v) is 3.85. The molecule has 1 amide bonds. The standard InChI is InChI=1S/C25H19N3O4S/c29-25(20-8-6-18(7-9-20)17-33-23-4-2-1-3-5-23)27-26-16-22-14-15-24(32-22)19-10-12-21(13-11-19)28(30)31/h1-16H,17H2,(H,27,29)/b26-16-. The molecule has 1 aromatic heterocycles. The van der Waals surface area contributed by atoms with Crippen molar-refractivity contribution >= 4 is 29.6 Å². The van der Waals surface area contributed by atoms with Crippen molar-refractivity contribution in [2.45, 2.75) is 10.6 Å². The number of hydrogen-bond donors (Lipinski definition) is 1. The van der Waals surface area contributed by atoms with Gasteiger partial charge in [-0.1, -0.05) is 30.3 Å². The monoisotopic (exact) mass is 457 g/mol. The smallest absolute Gasteiger partial charge is 0.271 e. The third-order valence-corrected chi connectivity index (χ3v) is 5.80. The van der Waals surface area contributed by atoms with Crippen LogP contribution in [0.4, 0.5) is 5.69 Å². The summed E-state index contributed by atoms with van der Waals surface area (Å²) in [6.45, 7) is 0. The average Bonchev–Trinajstić information content (AvgIpc) is 3.32. The molecule has 3 aromatic carbocycles. The largest absolute Gasteiger partial charge is 0.455 e. The van der Waals surface area contributed by atoms with Crippen molar-refractivity contribution in [1.82, 2.24) is 5.43 Å². The fourth-order valence-electron chi connectivity index (χ4n) is 2.98. The molecule has 4 rings (SSSR count). The number of hydrogen-bond acceptors (Lipinski definition) is 6. The Kier molecular flexibility index (Phi) is 6.96. The molecule has 164 valence electrons. The second kappa shape index (κ2) is 10.4. The van der Waals surface area contributed by atoms with E-state index in [4.69, 9.17) is 4.42 Å². The van der Waals surface area contributed by atoms with E-state index in [1.165, 1.54) is 23.2 Å². The van der Waals surface area contributed by atoms with Gasteiger partial charge in [-0.2, -0.15) is 5.10 Å². The maximum Gasteiger partial charge on any atom is 0.271 e. The van der Waals surface area contributed by atoms with E-state index in [9.17, 15) is 14.9 Å². The molecule has 0 saturated carbocycles. The van der Waals surface area contributed by atoms with Crippen molar-refractivity contribution in [3.63, 3.8) is 0 Å². The molecule has 0 atom stereocenters. The topological polar surface area (TPSA) is 97.7 Å². The predicted octanol–water partition coefficient (Wildman–Crippen LogP) is 5.91. The molecule has 4 aromatic rings. The van der Waals surface area contributed by atoms with Crippen LogP contribution in [0.2, 0.25) is 0 Å². The molecule has 0 aliphatic heterocycles. The third kappa shape index (κ3) is 5.96. The van der Waals surface area contributed by atoms with Gasteiger partial charge in [-0.15, -0.1) is 11.8 Å². The number of benzene rings is 3. The summed E-state index contributed by atoms with van der Waals surface area (Å²) in [5.41, 5.74) is 4.83. The highest BCUT2D eigenvalue weighted by Gasteiger charge is 2.08. The van der Waals surface area contributed by atoms with Crippen molar-refractivity contribution in [2.75, 3.05) is 0 Å². The Morgan fingerprint density at radius 1 is 0.970 bits per heavy atom. The summed E-state index contributed by atoms with van der Waals surface area (Å²) in [5.74, 6) is 1.48. The lowest BCUT2D eigenvalue weighted by atomic mass is 10.1. The summed E-state index contributed by atoms with van der Waals surface area (Å²) in [7, 11) is 0. The highest BCUT2D eigenvalue weighted by Crippen LogP contribution is 2.24. The minimum Gasteiger partial charge on any atom is -0.455 e. The molecule has 0 radical (unpaired) electrons. The predicted molar refractivity (Wildman–Crippen MR) is 128 cm³/mol. The maximum atomic E-state index is 12.3. The van der Waals surface area contributed by atoms with Crippen molar-refractivity contribution < 1.29 is 14.1 Å². The van der Waals surface area contributed by atoms with Crippen LogP contribution in [0.15, 0.2) is 105 Å². The molecule has 7 nitrogen and oxygen atoms in total. The number of carbonyl (C=O) groups is 1. The maximum absolute atomic E-state index is 12.3. The molecule has 33 heavy (non-hydrogen) atoms. The SMILES string of the molecule is O=C(N/N=C\c1ccc(-c2ccc([N+](=O)[O-])cc2)o1)c1ccc(CSc2ccccc2)cc1. The average molecular weight is 458 g/mol. The molecule has 0 aliphatic rings. The summed E-state index contributed by atoms with van der Waals surface area (Å²) >= 11 is 1.74. The zero-order chi connectivity index (χ0) is 23.0. The van der Waals surface area contributed by atoms with Crippen LogP contribution in [0.25, 0.3) is 11.3 Å². The Hall–Kier alpha value is -4.17. The summed E-state index contributed by atoms with van der Waals surface area (Å²) in [4.78, 5) is 23.8. The second-order valence-electron chi connectivity index (χ2n) is 7.00. The number of thioether (sulfide) groups is 1. The normalized spacial score (nSPS) is 10.9. The summed E-state index contributed by atoms with van der Waals surface area (Å²) in [6.07, 6.45) is 1.40. The van der Waals surface area contributed by atoms with Crippen LogP contribution in [0, 0.1) is 10.1 Å². The molecule has 8 heteroatoms. The highest BCUT2D eigenvalue weighted by atomic mass is 32.2. The Balaban J connectivity index is 1.30. The van der Waals surface area contributed by atoms with Gasteiger partial charge < -0.3 is 4.42 Å². The van der Waals surface area contributed by atoms with Crippen LogP contribution in [0.3, 0.4) is 0 Å². The van der Waals surface area contributed by atoms with Gasteiger partial charge in [0.15, 0.2) is 0 Å². The highest BCUT2D eigenvalue weighted by molar-refractivity contribution is 7.98. The molecule has 1 heterocycles. The molecule has 0 fully saturated rings. The first kappa shape index (κ1) is 22.0. The van der Waals surface area contributed by atoms with E-state index < -0.39 is 4.92 Å². The number of nitro benzene ring substituents is 1. The molecule has 0 spiro atoms. The van der Waals surface area contributed by atoms with Gasteiger partial charge in [-0.05, 0) is 54.1 Å². The number of amides is 1. The van der Waals surface area contributed by atoms with Gasteiger partial charge in [0.2, 0.25) is 0 Å². The first-order chi connectivity index (χ1) is 16.1. The first-order valence-corrected chi connectivity index (χ1v) is 11.0. The zero-order valence-corrected chi connectivity index (χ0v) is 18.2. The lowest BCUT2D eigenvalue weighted by Gasteiger charge is -2.04. The molecule has 1 N–H and O–H groups in total. The molecular weight excluding hydrogens is 438 g/mol. The Morgan fingerprint density at radius 2 is 1.70 bits per heavy atom. The minimum atomic E-state index is -0.454. The Morgan fingerprint density at radius 3 is 2.39 bits per heavy atom. The van der Waals surface area contributed by atoms with E-state index in [1.807, 2.05) is 30.3 Å². The van der Waals surface area contributed by atoms with E-state index >= 15 is 0 Å². The van der Waals surface area contributed by atoms with Crippen LogP contribution in [0.5, 0.6) is 0 Å². The fraction of sp³-hybridized carbons (Fsp3) is 0.0400. The zero-order valence-electron chi connectivity index (χ0n) is 17.4. The molecular formula is C25H19N3O4S. The van der Waals surface area contributed by atoms with E-state index in [0.29, 0.717) is 22.6 Å². The summed E-state index contributed by atoms with van der Waals surface area (Å²) < 4.78 is 5.66. The quantitative estimate of drug-likeness (QED) is 0.153. The number of hydrazone groups is 1. The van der Waals surface area contributed by atoms with Crippen molar-refractivity contribution in [1.29, 1.82) is 0 Å². The van der Waals surface area contributed by atoms with Gasteiger partial charge in [0.25, 0.3) is 11.6 Å². The third-order valence-electron chi connectivity index (χ3n) is 4.71.